The van der Waals surface area contributed by atoms with Crippen LogP contribution in [0, 0.1) is 3.95 Å². The molecule has 20 heavy (non-hydrogen) atoms. The van der Waals surface area contributed by atoms with Gasteiger partial charge in [-0.05, 0) is 36.5 Å². The lowest BCUT2D eigenvalue weighted by Crippen LogP contribution is -2.13. The summed E-state index contributed by atoms with van der Waals surface area (Å²) in [6.07, 6.45) is 0. The normalized spacial score (nSPS) is 11.1. The number of rotatable bonds is 4. The molecule has 0 aliphatic heterocycles. The first kappa shape index (κ1) is 14.6. The van der Waals surface area contributed by atoms with E-state index in [1.54, 1.807) is 0 Å². The molecule has 2 aromatic rings. The summed E-state index contributed by atoms with van der Waals surface area (Å²) in [5.74, 6) is -0.227. The third kappa shape index (κ3) is 3.62. The highest BCUT2D eigenvalue weighted by atomic mass is 32.2. The van der Waals surface area contributed by atoms with Crippen LogP contribution in [0.5, 0.6) is 0 Å². The van der Waals surface area contributed by atoms with Crippen molar-refractivity contribution in [3.63, 3.8) is 0 Å². The van der Waals surface area contributed by atoms with Crippen LogP contribution < -0.4 is 10.0 Å². The predicted octanol–water partition coefficient (Wildman–Crippen LogP) is 1.96. The van der Waals surface area contributed by atoms with Gasteiger partial charge in [-0.3, -0.25) is 14.6 Å². The molecule has 0 aliphatic rings. The van der Waals surface area contributed by atoms with Crippen LogP contribution in [0.1, 0.15) is 6.92 Å². The van der Waals surface area contributed by atoms with Gasteiger partial charge in [0, 0.05) is 12.6 Å². The summed E-state index contributed by atoms with van der Waals surface area (Å²) in [5, 5.41) is 8.93. The largest absolute Gasteiger partial charge is 0.326 e. The number of anilines is 2. The van der Waals surface area contributed by atoms with Crippen LogP contribution in [-0.4, -0.2) is 24.5 Å². The maximum atomic E-state index is 12.1. The quantitative estimate of drug-likeness (QED) is 0.743. The SMILES string of the molecule is CC(=O)Nc1ccc(S(=O)(=O)Nc2n[nH]c(=S)s2)cc1. The molecule has 0 saturated heterocycles. The van der Waals surface area contributed by atoms with Crippen LogP contribution in [-0.2, 0) is 14.8 Å². The molecule has 2 rings (SSSR count). The molecular weight excluding hydrogens is 320 g/mol. The van der Waals surface area contributed by atoms with Crippen molar-refractivity contribution in [1.29, 1.82) is 0 Å². The first-order valence-electron chi connectivity index (χ1n) is 5.33. The molecule has 0 unspecified atom stereocenters. The summed E-state index contributed by atoms with van der Waals surface area (Å²) in [7, 11) is -3.73. The number of H-pyrrole nitrogens is 1. The Labute approximate surface area is 124 Å². The number of nitrogens with one attached hydrogen (secondary N) is 3. The minimum atomic E-state index is -3.73. The van der Waals surface area contributed by atoms with Crippen LogP contribution in [0.2, 0.25) is 0 Å². The molecule has 0 aliphatic carbocycles. The van der Waals surface area contributed by atoms with Gasteiger partial charge in [0.15, 0.2) is 3.95 Å². The summed E-state index contributed by atoms with van der Waals surface area (Å²) in [6.45, 7) is 1.37. The Morgan fingerprint density at radius 2 is 2.00 bits per heavy atom. The molecule has 3 N–H and O–H groups in total. The molecule has 7 nitrogen and oxygen atoms in total. The standard InChI is InChI=1S/C10H10N4O3S3/c1-6(15)11-7-2-4-8(5-3-7)20(16,17)14-9-12-13-10(18)19-9/h2-5H,1H3,(H,11,15)(H,12,14)(H,13,18). The highest BCUT2D eigenvalue weighted by molar-refractivity contribution is 7.93. The van der Waals surface area contributed by atoms with E-state index in [1.807, 2.05) is 0 Å². The summed E-state index contributed by atoms with van der Waals surface area (Å²) in [4.78, 5) is 10.9. The van der Waals surface area contributed by atoms with Crippen LogP contribution in [0.3, 0.4) is 0 Å². The molecule has 0 saturated carbocycles. The maximum Gasteiger partial charge on any atom is 0.263 e. The average Bonchev–Trinajstić information content (AvgIpc) is 2.74. The molecule has 0 fully saturated rings. The molecule has 1 aromatic carbocycles. The average molecular weight is 330 g/mol. The van der Waals surface area contributed by atoms with Gasteiger partial charge in [-0.15, -0.1) is 5.10 Å². The fourth-order valence-corrected chi connectivity index (χ4v) is 3.39. The summed E-state index contributed by atoms with van der Waals surface area (Å²) in [5.41, 5.74) is 0.520. The number of carbonyl (C=O) groups is 1. The zero-order chi connectivity index (χ0) is 14.8. The predicted molar refractivity (Wildman–Crippen MR) is 78.9 cm³/mol. The van der Waals surface area contributed by atoms with Crippen molar-refractivity contribution in [2.45, 2.75) is 11.8 Å². The molecule has 0 spiro atoms. The van der Waals surface area contributed by atoms with Gasteiger partial charge in [-0.2, -0.15) is 0 Å². The van der Waals surface area contributed by atoms with Crippen LogP contribution in [0.25, 0.3) is 0 Å². The number of amides is 1. The summed E-state index contributed by atoms with van der Waals surface area (Å²) < 4.78 is 26.8. The van der Waals surface area contributed by atoms with Gasteiger partial charge < -0.3 is 5.32 Å². The monoisotopic (exact) mass is 330 g/mol. The van der Waals surface area contributed by atoms with Gasteiger partial charge in [0.2, 0.25) is 11.0 Å². The third-order valence-corrected chi connectivity index (χ3v) is 4.63. The molecule has 106 valence electrons. The van der Waals surface area contributed by atoms with Gasteiger partial charge in [0.25, 0.3) is 10.0 Å². The van der Waals surface area contributed by atoms with Crippen molar-refractivity contribution in [1.82, 2.24) is 10.2 Å². The van der Waals surface area contributed by atoms with Gasteiger partial charge in [-0.1, -0.05) is 11.3 Å². The van der Waals surface area contributed by atoms with E-state index in [0.717, 1.165) is 11.3 Å². The Kier molecular flexibility index (Phi) is 4.16. The molecule has 0 radical (unpaired) electrons. The lowest BCUT2D eigenvalue weighted by molar-refractivity contribution is -0.114. The lowest BCUT2D eigenvalue weighted by atomic mass is 10.3. The number of nitrogens with zero attached hydrogens (tertiary/aromatic N) is 1. The van der Waals surface area contributed by atoms with Crippen LogP contribution in [0.4, 0.5) is 10.8 Å². The van der Waals surface area contributed by atoms with Gasteiger partial charge >= 0.3 is 0 Å². The molecule has 10 heteroatoms. The van der Waals surface area contributed by atoms with Gasteiger partial charge in [0.05, 0.1) is 4.90 Å². The molecule has 1 heterocycles. The van der Waals surface area contributed by atoms with Crippen molar-refractivity contribution < 1.29 is 13.2 Å². The third-order valence-electron chi connectivity index (χ3n) is 2.14. The minimum absolute atomic E-state index is 0.0627. The second kappa shape index (κ2) is 5.69. The first-order chi connectivity index (χ1) is 9.37. The second-order valence-electron chi connectivity index (χ2n) is 3.73. The van der Waals surface area contributed by atoms with Crippen molar-refractivity contribution >= 4 is 50.3 Å². The Bertz CT molecular complexity index is 777. The zero-order valence-electron chi connectivity index (χ0n) is 10.2. The highest BCUT2D eigenvalue weighted by Crippen LogP contribution is 2.19. The first-order valence-corrected chi connectivity index (χ1v) is 8.03. The Hall–Kier alpha value is -1.78. The number of aromatic nitrogens is 2. The fraction of sp³-hybridized carbons (Fsp3) is 0.100. The molecule has 1 amide bonds. The van der Waals surface area contributed by atoms with E-state index < -0.39 is 10.0 Å². The van der Waals surface area contributed by atoms with Crippen molar-refractivity contribution in [3.05, 3.63) is 28.2 Å². The van der Waals surface area contributed by atoms with Gasteiger partial charge in [-0.25, -0.2) is 8.42 Å². The zero-order valence-corrected chi connectivity index (χ0v) is 12.7. The fourth-order valence-electron chi connectivity index (χ4n) is 1.37. The number of hydrogen-bond donors (Lipinski definition) is 3. The van der Waals surface area contributed by atoms with E-state index in [4.69, 9.17) is 12.2 Å². The highest BCUT2D eigenvalue weighted by Gasteiger charge is 2.15. The number of aromatic amines is 1. The Morgan fingerprint density at radius 1 is 1.35 bits per heavy atom. The topological polar surface area (TPSA) is 104 Å². The smallest absolute Gasteiger partial charge is 0.263 e. The van der Waals surface area contributed by atoms with Crippen molar-refractivity contribution in [2.75, 3.05) is 10.0 Å². The minimum Gasteiger partial charge on any atom is -0.326 e. The second-order valence-corrected chi connectivity index (χ2v) is 7.08. The molecular formula is C10H10N4O3S3. The maximum absolute atomic E-state index is 12.1. The molecule has 0 bridgehead atoms. The van der Waals surface area contributed by atoms with E-state index in [0.29, 0.717) is 9.64 Å². The van der Waals surface area contributed by atoms with E-state index in [1.165, 1.54) is 31.2 Å². The van der Waals surface area contributed by atoms with Crippen molar-refractivity contribution in [2.24, 2.45) is 0 Å². The van der Waals surface area contributed by atoms with Crippen molar-refractivity contribution in [3.8, 4) is 0 Å². The Balaban J connectivity index is 2.21. The van der Waals surface area contributed by atoms with Crippen LogP contribution >= 0.6 is 23.6 Å². The Morgan fingerprint density at radius 3 is 2.50 bits per heavy atom. The summed E-state index contributed by atoms with van der Waals surface area (Å²) in [6, 6.07) is 5.78. The van der Waals surface area contributed by atoms with Crippen LogP contribution in [0.15, 0.2) is 29.2 Å². The molecule has 0 atom stereocenters. The van der Waals surface area contributed by atoms with Gasteiger partial charge in [0.1, 0.15) is 0 Å². The van der Waals surface area contributed by atoms with E-state index in [9.17, 15) is 13.2 Å². The number of sulfonamides is 1. The number of benzene rings is 1. The number of carbonyl (C=O) groups excluding carboxylic acids is 1. The number of hydrogen-bond acceptors (Lipinski definition) is 6. The lowest BCUT2D eigenvalue weighted by Gasteiger charge is -2.06. The molecule has 1 aromatic heterocycles. The van der Waals surface area contributed by atoms with E-state index in [2.05, 4.69) is 20.2 Å². The summed E-state index contributed by atoms with van der Waals surface area (Å²) >= 11 is 5.84. The van der Waals surface area contributed by atoms with E-state index >= 15 is 0 Å². The van der Waals surface area contributed by atoms with E-state index in [-0.39, 0.29) is 15.9 Å².